The van der Waals surface area contributed by atoms with E-state index in [1.165, 1.54) is 63.1 Å². The molecule has 1 saturated heterocycles. The number of nitrogens with one attached hydrogen (secondary N) is 1. The zero-order valence-corrected chi connectivity index (χ0v) is 11.4. The molecule has 1 saturated carbocycles. The molecule has 0 aromatic rings. The van der Waals surface area contributed by atoms with Crippen LogP contribution in [0.4, 0.5) is 0 Å². The van der Waals surface area contributed by atoms with Crippen LogP contribution < -0.4 is 5.32 Å². The van der Waals surface area contributed by atoms with Crippen molar-refractivity contribution in [2.45, 2.75) is 50.6 Å². The zero-order chi connectivity index (χ0) is 11.2. The fraction of sp³-hybridized carbons (Fsp3) is 1.00. The Morgan fingerprint density at radius 1 is 1.12 bits per heavy atom. The predicted molar refractivity (Wildman–Crippen MR) is 73.2 cm³/mol. The summed E-state index contributed by atoms with van der Waals surface area (Å²) in [5.41, 5.74) is 0. The number of hydrogen-bond acceptors (Lipinski definition) is 3. The summed E-state index contributed by atoms with van der Waals surface area (Å²) in [5, 5.41) is 3.72. The average molecular weight is 242 g/mol. The van der Waals surface area contributed by atoms with Crippen LogP contribution in [0.3, 0.4) is 0 Å². The molecule has 0 spiro atoms. The molecule has 0 amide bonds. The highest BCUT2D eigenvalue weighted by Gasteiger charge is 2.19. The van der Waals surface area contributed by atoms with Gasteiger partial charge in [0.25, 0.3) is 0 Å². The van der Waals surface area contributed by atoms with Crippen molar-refractivity contribution in [3.8, 4) is 0 Å². The van der Waals surface area contributed by atoms with Gasteiger partial charge in [0.15, 0.2) is 0 Å². The van der Waals surface area contributed by atoms with Gasteiger partial charge in [-0.3, -0.25) is 0 Å². The molecule has 1 aliphatic heterocycles. The summed E-state index contributed by atoms with van der Waals surface area (Å²) in [5.74, 6) is 2.71. The average Bonchev–Trinajstić information content (AvgIpc) is 2.84. The Morgan fingerprint density at radius 3 is 2.50 bits per heavy atom. The molecule has 2 rings (SSSR count). The minimum atomic E-state index is 0.804. The fourth-order valence-electron chi connectivity index (χ4n) is 2.87. The molecular weight excluding hydrogens is 216 g/mol. The molecule has 0 aromatic heterocycles. The topological polar surface area (TPSA) is 15.3 Å². The van der Waals surface area contributed by atoms with Gasteiger partial charge in [-0.2, -0.15) is 11.8 Å². The first-order valence-corrected chi connectivity index (χ1v) is 8.03. The molecule has 0 unspecified atom stereocenters. The lowest BCUT2D eigenvalue weighted by molar-refractivity contribution is 0.241. The maximum atomic E-state index is 3.72. The van der Waals surface area contributed by atoms with Gasteiger partial charge in [-0.1, -0.05) is 12.8 Å². The number of thioether (sulfide) groups is 1. The molecule has 0 aromatic carbocycles. The summed E-state index contributed by atoms with van der Waals surface area (Å²) < 4.78 is 0. The van der Waals surface area contributed by atoms with Gasteiger partial charge in [-0.25, -0.2) is 0 Å². The lowest BCUT2D eigenvalue weighted by Gasteiger charge is -2.27. The molecule has 16 heavy (non-hydrogen) atoms. The van der Waals surface area contributed by atoms with Crippen LogP contribution in [-0.2, 0) is 0 Å². The lowest BCUT2D eigenvalue weighted by atomic mass is 10.1. The van der Waals surface area contributed by atoms with E-state index < -0.39 is 0 Å². The Hall–Kier alpha value is 0.270. The largest absolute Gasteiger partial charge is 0.313 e. The van der Waals surface area contributed by atoms with Crippen molar-refractivity contribution in [2.75, 3.05) is 31.6 Å². The van der Waals surface area contributed by atoms with E-state index in [9.17, 15) is 0 Å². The van der Waals surface area contributed by atoms with E-state index in [1.54, 1.807) is 0 Å². The van der Waals surface area contributed by atoms with Crippen molar-refractivity contribution >= 4 is 11.8 Å². The third kappa shape index (κ3) is 3.94. The van der Waals surface area contributed by atoms with Gasteiger partial charge in [-0.15, -0.1) is 0 Å². The molecule has 1 heterocycles. The second-order valence-electron chi connectivity index (χ2n) is 5.26. The Balaban J connectivity index is 1.56. The summed E-state index contributed by atoms with van der Waals surface area (Å²) >= 11 is 2.11. The number of hydrogen-bond donors (Lipinski definition) is 1. The smallest absolute Gasteiger partial charge is 0.0107 e. The van der Waals surface area contributed by atoms with Crippen LogP contribution in [0.1, 0.15) is 38.5 Å². The summed E-state index contributed by atoms with van der Waals surface area (Å²) in [7, 11) is 2.30. The Bertz CT molecular complexity index is 186. The highest BCUT2D eigenvalue weighted by molar-refractivity contribution is 7.99. The Labute approximate surface area is 105 Å². The van der Waals surface area contributed by atoms with Crippen molar-refractivity contribution in [1.29, 1.82) is 0 Å². The minimum absolute atomic E-state index is 0.804. The second-order valence-corrected chi connectivity index (χ2v) is 6.48. The van der Waals surface area contributed by atoms with Crippen LogP contribution in [0.5, 0.6) is 0 Å². The molecule has 1 aliphatic carbocycles. The van der Waals surface area contributed by atoms with Gasteiger partial charge in [0.05, 0.1) is 0 Å². The molecule has 2 aliphatic rings. The number of nitrogens with zero attached hydrogens (tertiary/aromatic N) is 1. The SMILES string of the molecule is CN(CCNC1CCSCC1)C1CCCC1. The van der Waals surface area contributed by atoms with Crippen molar-refractivity contribution < 1.29 is 0 Å². The monoisotopic (exact) mass is 242 g/mol. The number of rotatable bonds is 5. The quantitative estimate of drug-likeness (QED) is 0.797. The highest BCUT2D eigenvalue weighted by Crippen LogP contribution is 2.22. The summed E-state index contributed by atoms with van der Waals surface area (Å²) in [6.45, 7) is 2.41. The van der Waals surface area contributed by atoms with E-state index in [1.807, 2.05) is 0 Å². The molecule has 2 fully saturated rings. The van der Waals surface area contributed by atoms with Gasteiger partial charge in [0.2, 0.25) is 0 Å². The molecule has 0 radical (unpaired) electrons. The van der Waals surface area contributed by atoms with E-state index in [0.29, 0.717) is 0 Å². The van der Waals surface area contributed by atoms with E-state index in [0.717, 1.165) is 12.1 Å². The van der Waals surface area contributed by atoms with Gasteiger partial charge in [-0.05, 0) is 44.2 Å². The maximum absolute atomic E-state index is 3.72. The Kier molecular flexibility index (Phi) is 5.46. The zero-order valence-electron chi connectivity index (χ0n) is 10.6. The van der Waals surface area contributed by atoms with E-state index in [2.05, 4.69) is 29.0 Å². The third-order valence-corrected chi connectivity index (χ3v) is 5.12. The van der Waals surface area contributed by atoms with Crippen molar-refractivity contribution in [1.82, 2.24) is 10.2 Å². The highest BCUT2D eigenvalue weighted by atomic mass is 32.2. The molecule has 3 heteroatoms. The maximum Gasteiger partial charge on any atom is 0.0107 e. The summed E-state index contributed by atoms with van der Waals surface area (Å²) in [6.07, 6.45) is 8.49. The lowest BCUT2D eigenvalue weighted by Crippen LogP contribution is -2.40. The van der Waals surface area contributed by atoms with Crippen LogP contribution in [0.15, 0.2) is 0 Å². The Morgan fingerprint density at radius 2 is 1.81 bits per heavy atom. The summed E-state index contributed by atoms with van der Waals surface area (Å²) in [4.78, 5) is 2.57. The minimum Gasteiger partial charge on any atom is -0.313 e. The van der Waals surface area contributed by atoms with Crippen molar-refractivity contribution in [3.05, 3.63) is 0 Å². The van der Waals surface area contributed by atoms with E-state index in [4.69, 9.17) is 0 Å². The first kappa shape index (κ1) is 12.7. The van der Waals surface area contributed by atoms with Gasteiger partial charge < -0.3 is 10.2 Å². The van der Waals surface area contributed by atoms with Crippen molar-refractivity contribution in [3.63, 3.8) is 0 Å². The van der Waals surface area contributed by atoms with E-state index >= 15 is 0 Å². The first-order chi connectivity index (χ1) is 7.86. The van der Waals surface area contributed by atoms with Gasteiger partial charge in [0.1, 0.15) is 0 Å². The molecular formula is C13H26N2S. The van der Waals surface area contributed by atoms with Crippen LogP contribution in [0.25, 0.3) is 0 Å². The molecule has 1 N–H and O–H groups in total. The van der Waals surface area contributed by atoms with E-state index in [-0.39, 0.29) is 0 Å². The third-order valence-electron chi connectivity index (χ3n) is 4.07. The summed E-state index contributed by atoms with van der Waals surface area (Å²) in [6, 6.07) is 1.68. The molecule has 94 valence electrons. The standard InChI is InChI=1S/C13H26N2S/c1-15(13-4-2-3-5-13)9-8-14-12-6-10-16-11-7-12/h12-14H,2-11H2,1H3. The molecule has 0 atom stereocenters. The van der Waals surface area contributed by atoms with Crippen LogP contribution in [-0.4, -0.2) is 48.6 Å². The second kappa shape index (κ2) is 6.87. The molecule has 0 bridgehead atoms. The van der Waals surface area contributed by atoms with Crippen LogP contribution in [0, 0.1) is 0 Å². The normalized spacial score (nSPS) is 24.4. The predicted octanol–water partition coefficient (Wildman–Crippen LogP) is 2.35. The van der Waals surface area contributed by atoms with Gasteiger partial charge >= 0.3 is 0 Å². The fourth-order valence-corrected chi connectivity index (χ4v) is 3.98. The molecule has 2 nitrogen and oxygen atoms in total. The van der Waals surface area contributed by atoms with Crippen molar-refractivity contribution in [2.24, 2.45) is 0 Å². The number of likely N-dealkylation sites (N-methyl/N-ethyl adjacent to an activating group) is 1. The van der Waals surface area contributed by atoms with Crippen LogP contribution >= 0.6 is 11.8 Å². The van der Waals surface area contributed by atoms with Crippen LogP contribution in [0.2, 0.25) is 0 Å². The first-order valence-electron chi connectivity index (χ1n) is 6.87. The van der Waals surface area contributed by atoms with Gasteiger partial charge in [0, 0.05) is 25.2 Å².